The smallest absolute Gasteiger partial charge is 0.294 e. The summed E-state index contributed by atoms with van der Waals surface area (Å²) in [6.45, 7) is 7.88. The van der Waals surface area contributed by atoms with E-state index in [9.17, 15) is 20.1 Å². The molecule has 1 saturated heterocycles. The van der Waals surface area contributed by atoms with E-state index in [4.69, 9.17) is 0 Å². The number of nitrogens with zero attached hydrogens (tertiary/aromatic N) is 5. The lowest BCUT2D eigenvalue weighted by Crippen LogP contribution is -2.46. The lowest BCUT2D eigenvalue weighted by Gasteiger charge is -2.35. The van der Waals surface area contributed by atoms with Crippen molar-refractivity contribution in [3.63, 3.8) is 0 Å². The number of amides is 1. The van der Waals surface area contributed by atoms with Gasteiger partial charge in [0, 0.05) is 38.9 Å². The first-order valence-corrected chi connectivity index (χ1v) is 15.2. The zero-order valence-corrected chi connectivity index (χ0v) is 24.1. The summed E-state index contributed by atoms with van der Waals surface area (Å²) in [6.07, 6.45) is 18.5. The third-order valence-corrected chi connectivity index (χ3v) is 7.43. The van der Waals surface area contributed by atoms with Gasteiger partial charge in [-0.1, -0.05) is 84.0 Å². The second-order valence-electron chi connectivity index (χ2n) is 10.7. The molecule has 1 aromatic heterocycles. The van der Waals surface area contributed by atoms with Gasteiger partial charge in [-0.05, 0) is 37.9 Å². The Hall–Kier alpha value is -2.46. The number of carbonyl (C=O) groups is 1. The summed E-state index contributed by atoms with van der Waals surface area (Å²) in [5.41, 5.74) is 0.424. The first-order chi connectivity index (χ1) is 19.0. The van der Waals surface area contributed by atoms with Crippen LogP contribution < -0.4 is 4.90 Å². The number of unbranched alkanes of at least 4 members (excludes halogenated alkanes) is 13. The normalized spacial score (nSPS) is 13.9. The third kappa shape index (κ3) is 14.5. The molecule has 0 spiro atoms. The van der Waals surface area contributed by atoms with Crippen molar-refractivity contribution in [2.24, 2.45) is 0 Å². The van der Waals surface area contributed by atoms with E-state index in [0.717, 1.165) is 82.1 Å². The standard InChI is InChI=1S/C29H51N5O5/c1-2-19-31-21-23-32(24-22-31)28-18-17-27(26-30-28)29(35)33(36)20-15-13-11-9-7-5-3-4-6-8-10-12-14-16-25-39-34(37)38/h17-18,26,36H,2-16,19-25H2,1H3. The van der Waals surface area contributed by atoms with E-state index >= 15 is 0 Å². The molecule has 1 fully saturated rings. The Labute approximate surface area is 234 Å². The van der Waals surface area contributed by atoms with Crippen molar-refractivity contribution in [3.8, 4) is 0 Å². The van der Waals surface area contributed by atoms with Crippen LogP contribution in [0.4, 0.5) is 5.82 Å². The van der Waals surface area contributed by atoms with E-state index in [2.05, 4.69) is 26.5 Å². The Balaban J connectivity index is 1.42. The molecule has 1 aliphatic rings. The predicted octanol–water partition coefficient (Wildman–Crippen LogP) is 6.11. The number of aromatic nitrogens is 1. The van der Waals surface area contributed by atoms with Gasteiger partial charge in [0.25, 0.3) is 11.0 Å². The average molecular weight is 550 g/mol. The Morgan fingerprint density at radius 2 is 1.46 bits per heavy atom. The van der Waals surface area contributed by atoms with Crippen LogP contribution in [0, 0.1) is 10.1 Å². The van der Waals surface area contributed by atoms with Gasteiger partial charge in [-0.15, -0.1) is 10.1 Å². The highest BCUT2D eigenvalue weighted by atomic mass is 16.9. The number of hydrogen-bond donors (Lipinski definition) is 1. The molecule has 0 bridgehead atoms. The fourth-order valence-electron chi connectivity index (χ4n) is 5.09. The van der Waals surface area contributed by atoms with E-state index in [0.29, 0.717) is 12.1 Å². The van der Waals surface area contributed by atoms with Gasteiger partial charge in [-0.25, -0.2) is 10.0 Å². The topological polar surface area (TPSA) is 112 Å². The second-order valence-corrected chi connectivity index (χ2v) is 10.7. The van der Waals surface area contributed by atoms with Crippen molar-refractivity contribution in [2.75, 3.05) is 50.8 Å². The molecule has 1 aliphatic heterocycles. The minimum absolute atomic E-state index is 0.215. The SMILES string of the molecule is CCCN1CCN(c2ccc(C(=O)N(O)CCCCCCCCCCCCCCCCO[N+](=O)[O-])cn2)CC1. The van der Waals surface area contributed by atoms with Crippen LogP contribution in [-0.4, -0.2) is 77.0 Å². The second kappa shape index (κ2) is 20.4. The molecule has 10 heteroatoms. The number of hydroxylamine groups is 2. The Kier molecular flexibility index (Phi) is 17.2. The van der Waals surface area contributed by atoms with Crippen LogP contribution in [0.25, 0.3) is 0 Å². The summed E-state index contributed by atoms with van der Waals surface area (Å²) in [5.74, 6) is 0.508. The van der Waals surface area contributed by atoms with Crippen LogP contribution in [0.15, 0.2) is 18.3 Å². The maximum Gasteiger partial charge on any atom is 0.294 e. The first-order valence-electron chi connectivity index (χ1n) is 15.2. The molecular weight excluding hydrogens is 498 g/mol. The van der Waals surface area contributed by atoms with Gasteiger partial charge in [0.2, 0.25) is 0 Å². The molecule has 0 aromatic carbocycles. The van der Waals surface area contributed by atoms with Gasteiger partial charge in [0.15, 0.2) is 0 Å². The van der Waals surface area contributed by atoms with Crippen molar-refractivity contribution in [2.45, 2.75) is 103 Å². The number of rotatable bonds is 22. The molecule has 0 atom stereocenters. The van der Waals surface area contributed by atoms with E-state index in [1.807, 2.05) is 6.07 Å². The summed E-state index contributed by atoms with van der Waals surface area (Å²) in [4.78, 5) is 36.1. The summed E-state index contributed by atoms with van der Waals surface area (Å²) in [5, 5.41) is 20.4. The Bertz CT molecular complexity index is 787. The molecule has 1 amide bonds. The van der Waals surface area contributed by atoms with E-state index in [1.165, 1.54) is 57.8 Å². The Morgan fingerprint density at radius 1 is 0.923 bits per heavy atom. The van der Waals surface area contributed by atoms with Gasteiger partial charge in [-0.3, -0.25) is 14.9 Å². The highest BCUT2D eigenvalue weighted by Crippen LogP contribution is 2.16. The van der Waals surface area contributed by atoms with Crippen LogP contribution in [0.1, 0.15) is 114 Å². The molecule has 0 aliphatic carbocycles. The minimum atomic E-state index is -0.722. The highest BCUT2D eigenvalue weighted by Gasteiger charge is 2.19. The van der Waals surface area contributed by atoms with Crippen molar-refractivity contribution in [1.29, 1.82) is 0 Å². The molecule has 10 nitrogen and oxygen atoms in total. The number of pyridine rings is 1. The minimum Gasteiger partial charge on any atom is -0.354 e. The Morgan fingerprint density at radius 3 is 1.95 bits per heavy atom. The molecular formula is C29H51N5O5. The van der Waals surface area contributed by atoms with Gasteiger partial charge in [-0.2, -0.15) is 0 Å². The summed E-state index contributed by atoms with van der Waals surface area (Å²) in [7, 11) is 0. The third-order valence-electron chi connectivity index (χ3n) is 7.43. The van der Waals surface area contributed by atoms with Crippen LogP contribution in [0.5, 0.6) is 0 Å². The average Bonchev–Trinajstić information content (AvgIpc) is 2.94. The lowest BCUT2D eigenvalue weighted by molar-refractivity contribution is -0.757. The highest BCUT2D eigenvalue weighted by molar-refractivity contribution is 5.93. The fourth-order valence-corrected chi connectivity index (χ4v) is 5.09. The van der Waals surface area contributed by atoms with Crippen LogP contribution in [0.2, 0.25) is 0 Å². The van der Waals surface area contributed by atoms with Gasteiger partial charge < -0.3 is 9.74 Å². The van der Waals surface area contributed by atoms with Crippen LogP contribution in [0.3, 0.4) is 0 Å². The quantitative estimate of drug-likeness (QED) is 0.0797. The lowest BCUT2D eigenvalue weighted by atomic mass is 10.0. The molecule has 0 saturated carbocycles. The predicted molar refractivity (Wildman–Crippen MR) is 154 cm³/mol. The van der Waals surface area contributed by atoms with E-state index < -0.39 is 5.09 Å². The van der Waals surface area contributed by atoms with E-state index in [-0.39, 0.29) is 12.5 Å². The molecule has 2 rings (SSSR count). The zero-order chi connectivity index (χ0) is 28.1. The number of hydrogen-bond acceptors (Lipinski definition) is 8. The molecule has 222 valence electrons. The van der Waals surface area contributed by atoms with Crippen molar-refractivity contribution in [1.82, 2.24) is 14.9 Å². The molecule has 1 N–H and O–H groups in total. The van der Waals surface area contributed by atoms with E-state index in [1.54, 1.807) is 12.3 Å². The zero-order valence-electron chi connectivity index (χ0n) is 24.1. The monoisotopic (exact) mass is 549 g/mol. The maximum absolute atomic E-state index is 12.5. The number of carbonyl (C=O) groups excluding carboxylic acids is 1. The van der Waals surface area contributed by atoms with Gasteiger partial charge in [0.05, 0.1) is 12.2 Å². The summed E-state index contributed by atoms with van der Waals surface area (Å²) < 4.78 is 0. The molecule has 2 heterocycles. The van der Waals surface area contributed by atoms with Crippen molar-refractivity contribution >= 4 is 11.7 Å². The van der Waals surface area contributed by atoms with Crippen molar-refractivity contribution < 1.29 is 19.9 Å². The van der Waals surface area contributed by atoms with Gasteiger partial charge in [0.1, 0.15) is 5.82 Å². The largest absolute Gasteiger partial charge is 0.354 e. The number of piperazine rings is 1. The molecule has 1 aromatic rings. The maximum atomic E-state index is 12.5. The summed E-state index contributed by atoms with van der Waals surface area (Å²) in [6, 6.07) is 3.65. The first kappa shape index (κ1) is 32.8. The summed E-state index contributed by atoms with van der Waals surface area (Å²) >= 11 is 0. The van der Waals surface area contributed by atoms with Crippen LogP contribution >= 0.6 is 0 Å². The molecule has 0 unspecified atom stereocenters. The van der Waals surface area contributed by atoms with Gasteiger partial charge >= 0.3 is 0 Å². The molecule has 39 heavy (non-hydrogen) atoms. The molecule has 0 radical (unpaired) electrons. The fraction of sp³-hybridized carbons (Fsp3) is 0.793. The number of anilines is 1. The van der Waals surface area contributed by atoms with Crippen molar-refractivity contribution in [3.05, 3.63) is 34.0 Å². The van der Waals surface area contributed by atoms with Crippen LogP contribution in [-0.2, 0) is 4.84 Å².